The molecule has 0 aliphatic rings. The Hall–Kier alpha value is -1.95. The number of benzene rings is 1. The zero-order valence-corrected chi connectivity index (χ0v) is 12.5. The summed E-state index contributed by atoms with van der Waals surface area (Å²) in [6.45, 7) is 2.07. The monoisotopic (exact) mass is 283 g/mol. The van der Waals surface area contributed by atoms with Crippen LogP contribution in [0.3, 0.4) is 0 Å². The highest BCUT2D eigenvalue weighted by Gasteiger charge is 2.16. The number of nitrogens with one attached hydrogen (secondary N) is 1. The maximum absolute atomic E-state index is 11.1. The standard InChI is InChI=1S/C14H21NO5/c1-9(15-8-13(16)19-4)10-6-11(17-2)14(20-5)12(7-10)18-3/h6-7,9,15H,8H2,1-5H3. The van der Waals surface area contributed by atoms with Crippen LogP contribution in [-0.2, 0) is 9.53 Å². The van der Waals surface area contributed by atoms with E-state index in [-0.39, 0.29) is 18.6 Å². The molecule has 1 aromatic carbocycles. The average Bonchev–Trinajstić information content (AvgIpc) is 2.50. The number of hydrogen-bond donors (Lipinski definition) is 1. The highest BCUT2D eigenvalue weighted by Crippen LogP contribution is 2.39. The van der Waals surface area contributed by atoms with E-state index in [0.717, 1.165) is 5.56 Å². The first-order valence-electron chi connectivity index (χ1n) is 6.17. The Labute approximate surface area is 119 Å². The molecule has 1 rings (SSSR count). The van der Waals surface area contributed by atoms with Crippen molar-refractivity contribution in [3.63, 3.8) is 0 Å². The van der Waals surface area contributed by atoms with E-state index in [0.29, 0.717) is 17.2 Å². The number of rotatable bonds is 7. The summed E-state index contributed by atoms with van der Waals surface area (Å²) in [5.74, 6) is 1.38. The van der Waals surface area contributed by atoms with Crippen LogP contribution in [0.5, 0.6) is 17.2 Å². The molecular weight excluding hydrogens is 262 g/mol. The van der Waals surface area contributed by atoms with Crippen LogP contribution in [0.15, 0.2) is 12.1 Å². The number of carbonyl (C=O) groups excluding carboxylic acids is 1. The van der Waals surface area contributed by atoms with Crippen molar-refractivity contribution in [2.45, 2.75) is 13.0 Å². The molecule has 0 spiro atoms. The molecule has 0 amide bonds. The average molecular weight is 283 g/mol. The third kappa shape index (κ3) is 3.77. The smallest absolute Gasteiger partial charge is 0.319 e. The van der Waals surface area contributed by atoms with Crippen LogP contribution in [0.4, 0.5) is 0 Å². The van der Waals surface area contributed by atoms with E-state index in [1.54, 1.807) is 21.3 Å². The molecule has 112 valence electrons. The summed E-state index contributed by atoms with van der Waals surface area (Å²) in [5.41, 5.74) is 0.920. The van der Waals surface area contributed by atoms with Gasteiger partial charge in [0.2, 0.25) is 5.75 Å². The maximum atomic E-state index is 11.1. The first-order chi connectivity index (χ1) is 9.57. The van der Waals surface area contributed by atoms with E-state index < -0.39 is 0 Å². The highest BCUT2D eigenvalue weighted by atomic mass is 16.5. The van der Waals surface area contributed by atoms with Crippen molar-refractivity contribution >= 4 is 5.97 Å². The normalized spacial score (nSPS) is 11.7. The van der Waals surface area contributed by atoms with Crippen LogP contribution in [-0.4, -0.2) is 41.0 Å². The molecule has 1 aromatic rings. The summed E-state index contributed by atoms with van der Waals surface area (Å²) >= 11 is 0. The van der Waals surface area contributed by atoms with Gasteiger partial charge >= 0.3 is 5.97 Å². The SMILES string of the molecule is COC(=O)CNC(C)c1cc(OC)c(OC)c(OC)c1. The minimum atomic E-state index is -0.315. The van der Waals surface area contributed by atoms with Crippen molar-refractivity contribution in [3.05, 3.63) is 17.7 Å². The third-order valence-electron chi connectivity index (χ3n) is 2.97. The molecular formula is C14H21NO5. The van der Waals surface area contributed by atoms with Gasteiger partial charge < -0.3 is 24.3 Å². The fourth-order valence-electron chi connectivity index (χ4n) is 1.78. The highest BCUT2D eigenvalue weighted by molar-refractivity contribution is 5.71. The van der Waals surface area contributed by atoms with Gasteiger partial charge in [-0.3, -0.25) is 4.79 Å². The van der Waals surface area contributed by atoms with Crippen LogP contribution in [0.1, 0.15) is 18.5 Å². The molecule has 0 bridgehead atoms. The van der Waals surface area contributed by atoms with E-state index in [1.165, 1.54) is 7.11 Å². The van der Waals surface area contributed by atoms with Gasteiger partial charge in [0.1, 0.15) is 0 Å². The van der Waals surface area contributed by atoms with Crippen molar-refractivity contribution < 1.29 is 23.7 Å². The lowest BCUT2D eigenvalue weighted by molar-refractivity contribution is -0.139. The summed E-state index contributed by atoms with van der Waals surface area (Å²) in [4.78, 5) is 11.1. The van der Waals surface area contributed by atoms with Gasteiger partial charge in [0, 0.05) is 6.04 Å². The quantitative estimate of drug-likeness (QED) is 0.766. The molecule has 0 saturated carbocycles. The minimum absolute atomic E-state index is 0.0668. The molecule has 20 heavy (non-hydrogen) atoms. The van der Waals surface area contributed by atoms with E-state index in [9.17, 15) is 4.79 Å². The van der Waals surface area contributed by atoms with Gasteiger partial charge in [0.15, 0.2) is 11.5 Å². The Morgan fingerprint density at radius 1 is 1.10 bits per heavy atom. The summed E-state index contributed by atoms with van der Waals surface area (Å²) in [6.07, 6.45) is 0. The van der Waals surface area contributed by atoms with Crippen molar-refractivity contribution in [3.8, 4) is 17.2 Å². The summed E-state index contributed by atoms with van der Waals surface area (Å²) in [5, 5.41) is 3.06. The molecule has 0 radical (unpaired) electrons. The van der Waals surface area contributed by atoms with Gasteiger partial charge in [-0.1, -0.05) is 0 Å². The lowest BCUT2D eigenvalue weighted by Crippen LogP contribution is -2.26. The first-order valence-corrected chi connectivity index (χ1v) is 6.17. The fraction of sp³-hybridized carbons (Fsp3) is 0.500. The molecule has 1 unspecified atom stereocenters. The van der Waals surface area contributed by atoms with Crippen molar-refractivity contribution in [2.75, 3.05) is 35.0 Å². The van der Waals surface area contributed by atoms with Gasteiger partial charge in [-0.2, -0.15) is 0 Å². The lowest BCUT2D eigenvalue weighted by Gasteiger charge is -2.18. The molecule has 0 fully saturated rings. The molecule has 1 atom stereocenters. The Morgan fingerprint density at radius 3 is 2.05 bits per heavy atom. The van der Waals surface area contributed by atoms with E-state index in [1.807, 2.05) is 19.1 Å². The van der Waals surface area contributed by atoms with Crippen LogP contribution in [0, 0.1) is 0 Å². The molecule has 0 heterocycles. The van der Waals surface area contributed by atoms with Gasteiger partial charge in [-0.25, -0.2) is 0 Å². The second-order valence-electron chi connectivity index (χ2n) is 4.14. The second kappa shape index (κ2) is 7.59. The molecule has 0 aliphatic carbocycles. The van der Waals surface area contributed by atoms with E-state index in [2.05, 4.69) is 10.1 Å². The summed E-state index contributed by atoms with van der Waals surface area (Å²) < 4.78 is 20.4. The number of ether oxygens (including phenoxy) is 4. The lowest BCUT2D eigenvalue weighted by atomic mass is 10.1. The predicted octanol–water partition coefficient (Wildman–Crippen LogP) is 1.54. The topological polar surface area (TPSA) is 66.0 Å². The predicted molar refractivity (Wildman–Crippen MR) is 74.5 cm³/mol. The summed E-state index contributed by atoms with van der Waals surface area (Å²) in [6, 6.07) is 3.62. The van der Waals surface area contributed by atoms with Gasteiger partial charge in [-0.15, -0.1) is 0 Å². The van der Waals surface area contributed by atoms with Crippen molar-refractivity contribution in [1.29, 1.82) is 0 Å². The van der Waals surface area contributed by atoms with Crippen LogP contribution >= 0.6 is 0 Å². The number of methoxy groups -OCH3 is 4. The van der Waals surface area contributed by atoms with Gasteiger partial charge in [0.05, 0.1) is 35.0 Å². The fourth-order valence-corrected chi connectivity index (χ4v) is 1.78. The van der Waals surface area contributed by atoms with Gasteiger partial charge in [0.25, 0.3) is 0 Å². The molecule has 0 aliphatic heterocycles. The molecule has 1 N–H and O–H groups in total. The molecule has 0 aromatic heterocycles. The summed E-state index contributed by atoms with van der Waals surface area (Å²) in [7, 11) is 6.04. The number of carbonyl (C=O) groups is 1. The largest absolute Gasteiger partial charge is 0.493 e. The Balaban J connectivity index is 2.97. The zero-order valence-electron chi connectivity index (χ0n) is 12.5. The van der Waals surface area contributed by atoms with Crippen LogP contribution < -0.4 is 19.5 Å². The van der Waals surface area contributed by atoms with Crippen LogP contribution in [0.25, 0.3) is 0 Å². The first kappa shape index (κ1) is 16.1. The van der Waals surface area contributed by atoms with E-state index >= 15 is 0 Å². The molecule has 0 saturated heterocycles. The van der Waals surface area contributed by atoms with Crippen molar-refractivity contribution in [2.24, 2.45) is 0 Å². The number of hydrogen-bond acceptors (Lipinski definition) is 6. The maximum Gasteiger partial charge on any atom is 0.319 e. The van der Waals surface area contributed by atoms with Crippen molar-refractivity contribution in [1.82, 2.24) is 5.32 Å². The Bertz CT molecular complexity index is 436. The van der Waals surface area contributed by atoms with Gasteiger partial charge in [-0.05, 0) is 24.6 Å². The van der Waals surface area contributed by atoms with Crippen LogP contribution in [0.2, 0.25) is 0 Å². The Kier molecular flexibility index (Phi) is 6.11. The molecule has 6 heteroatoms. The van der Waals surface area contributed by atoms with E-state index in [4.69, 9.17) is 14.2 Å². The number of esters is 1. The third-order valence-corrected chi connectivity index (χ3v) is 2.97. The zero-order chi connectivity index (χ0) is 15.1. The molecule has 6 nitrogen and oxygen atoms in total. The minimum Gasteiger partial charge on any atom is -0.493 e. The Morgan fingerprint density at radius 2 is 1.65 bits per heavy atom. The second-order valence-corrected chi connectivity index (χ2v) is 4.14.